The molecule has 0 spiro atoms. The minimum absolute atomic E-state index is 0.700. The van der Waals surface area contributed by atoms with E-state index >= 15 is 0 Å². The number of rotatable bonds is 4. The molecule has 0 aliphatic heterocycles. The van der Waals surface area contributed by atoms with Crippen LogP contribution in [0.3, 0.4) is 0 Å². The summed E-state index contributed by atoms with van der Waals surface area (Å²) < 4.78 is 0. The van der Waals surface area contributed by atoms with E-state index < -0.39 is 0 Å². The molecule has 0 aromatic heterocycles. The Morgan fingerprint density at radius 2 is 1.93 bits per heavy atom. The predicted molar refractivity (Wildman–Crippen MR) is 63.5 cm³/mol. The Labute approximate surface area is 89.0 Å². The van der Waals surface area contributed by atoms with Gasteiger partial charge in [-0.05, 0) is 39.5 Å². The molecule has 1 N–H and O–H groups in total. The lowest BCUT2D eigenvalue weighted by molar-refractivity contribution is 0.287. The van der Waals surface area contributed by atoms with E-state index in [-0.39, 0.29) is 0 Å². The van der Waals surface area contributed by atoms with Crippen molar-refractivity contribution in [3.8, 4) is 0 Å². The van der Waals surface area contributed by atoms with Crippen molar-refractivity contribution in [2.75, 3.05) is 6.54 Å². The van der Waals surface area contributed by atoms with E-state index in [4.69, 9.17) is 0 Å². The van der Waals surface area contributed by atoms with Crippen LogP contribution in [0.2, 0.25) is 0 Å². The highest BCUT2D eigenvalue weighted by molar-refractivity contribution is 4.95. The molecular weight excluding hydrogens is 170 g/mol. The summed E-state index contributed by atoms with van der Waals surface area (Å²) in [5, 5.41) is 3.61. The minimum atomic E-state index is 0.700. The van der Waals surface area contributed by atoms with Gasteiger partial charge in [-0.1, -0.05) is 30.9 Å². The smallest absolute Gasteiger partial charge is 0.0139 e. The fourth-order valence-corrected chi connectivity index (χ4v) is 2.25. The van der Waals surface area contributed by atoms with Crippen LogP contribution >= 0.6 is 0 Å². The zero-order valence-corrected chi connectivity index (χ0v) is 9.97. The molecule has 1 rings (SSSR count). The molecule has 14 heavy (non-hydrogen) atoms. The van der Waals surface area contributed by atoms with Crippen molar-refractivity contribution in [1.29, 1.82) is 0 Å². The van der Waals surface area contributed by atoms with Crippen LogP contribution in [-0.4, -0.2) is 12.6 Å². The third-order valence-electron chi connectivity index (χ3n) is 3.31. The van der Waals surface area contributed by atoms with Gasteiger partial charge >= 0.3 is 0 Å². The monoisotopic (exact) mass is 195 g/mol. The largest absolute Gasteiger partial charge is 0.311 e. The molecule has 1 aliphatic carbocycles. The summed E-state index contributed by atoms with van der Waals surface area (Å²) in [6, 6.07) is 0.700. The number of hydrogen-bond donors (Lipinski definition) is 1. The van der Waals surface area contributed by atoms with E-state index in [1.165, 1.54) is 37.7 Å². The van der Waals surface area contributed by atoms with Crippen molar-refractivity contribution in [3.63, 3.8) is 0 Å². The fraction of sp³-hybridized carbons (Fsp3) is 0.846. The summed E-state index contributed by atoms with van der Waals surface area (Å²) in [6.45, 7) is 7.70. The van der Waals surface area contributed by atoms with Crippen molar-refractivity contribution in [3.05, 3.63) is 11.6 Å². The van der Waals surface area contributed by atoms with Crippen LogP contribution in [0, 0.1) is 5.92 Å². The molecule has 1 atom stereocenters. The van der Waals surface area contributed by atoms with E-state index in [0.29, 0.717) is 6.04 Å². The van der Waals surface area contributed by atoms with Gasteiger partial charge in [-0.25, -0.2) is 0 Å². The second-order valence-corrected chi connectivity index (χ2v) is 4.88. The molecule has 0 bridgehead atoms. The SMILES string of the molecule is CC(C)=CCNC(C)C1CCCCC1. The zero-order valence-electron chi connectivity index (χ0n) is 9.97. The number of allylic oxidation sites excluding steroid dienone is 1. The summed E-state index contributed by atoms with van der Waals surface area (Å²) in [6.07, 6.45) is 9.49. The lowest BCUT2D eigenvalue weighted by atomic mass is 9.84. The summed E-state index contributed by atoms with van der Waals surface area (Å²) >= 11 is 0. The Kier molecular flexibility index (Phi) is 5.24. The maximum atomic E-state index is 3.61. The van der Waals surface area contributed by atoms with Crippen LogP contribution in [0.5, 0.6) is 0 Å². The zero-order chi connectivity index (χ0) is 10.4. The van der Waals surface area contributed by atoms with Gasteiger partial charge in [-0.3, -0.25) is 0 Å². The number of nitrogens with one attached hydrogen (secondary N) is 1. The Bertz CT molecular complexity index is 174. The fourth-order valence-electron chi connectivity index (χ4n) is 2.25. The molecular formula is C13H25N. The van der Waals surface area contributed by atoms with E-state index in [2.05, 4.69) is 32.2 Å². The van der Waals surface area contributed by atoms with Crippen molar-refractivity contribution < 1.29 is 0 Å². The summed E-state index contributed by atoms with van der Waals surface area (Å²) in [5.74, 6) is 0.925. The molecule has 0 heterocycles. The lowest BCUT2D eigenvalue weighted by Crippen LogP contribution is -2.34. The minimum Gasteiger partial charge on any atom is -0.311 e. The maximum Gasteiger partial charge on any atom is 0.0139 e. The van der Waals surface area contributed by atoms with Gasteiger partial charge in [-0.2, -0.15) is 0 Å². The van der Waals surface area contributed by atoms with Crippen LogP contribution < -0.4 is 5.32 Å². The average Bonchev–Trinajstić information content (AvgIpc) is 2.18. The van der Waals surface area contributed by atoms with Crippen molar-refractivity contribution in [2.45, 2.75) is 58.9 Å². The molecule has 0 radical (unpaired) electrons. The molecule has 1 saturated carbocycles. The molecule has 1 fully saturated rings. The molecule has 0 saturated heterocycles. The van der Waals surface area contributed by atoms with Crippen LogP contribution in [0.4, 0.5) is 0 Å². The molecule has 1 aliphatic rings. The number of hydrogen-bond acceptors (Lipinski definition) is 1. The highest BCUT2D eigenvalue weighted by Gasteiger charge is 2.18. The molecule has 0 amide bonds. The first kappa shape index (κ1) is 11.8. The third-order valence-corrected chi connectivity index (χ3v) is 3.31. The van der Waals surface area contributed by atoms with Crippen LogP contribution in [0.25, 0.3) is 0 Å². The molecule has 82 valence electrons. The molecule has 1 nitrogen and oxygen atoms in total. The van der Waals surface area contributed by atoms with Crippen LogP contribution in [0.1, 0.15) is 52.9 Å². The third kappa shape index (κ3) is 4.28. The van der Waals surface area contributed by atoms with Crippen LogP contribution in [0.15, 0.2) is 11.6 Å². The highest BCUT2D eigenvalue weighted by Crippen LogP contribution is 2.26. The van der Waals surface area contributed by atoms with Gasteiger partial charge in [0.05, 0.1) is 0 Å². The van der Waals surface area contributed by atoms with Gasteiger partial charge in [-0.15, -0.1) is 0 Å². The predicted octanol–water partition coefficient (Wildman–Crippen LogP) is 3.51. The van der Waals surface area contributed by atoms with E-state index in [1.807, 2.05) is 0 Å². The summed E-state index contributed by atoms with van der Waals surface area (Å²) in [7, 11) is 0. The van der Waals surface area contributed by atoms with Crippen LogP contribution in [-0.2, 0) is 0 Å². The average molecular weight is 195 g/mol. The van der Waals surface area contributed by atoms with Crippen molar-refractivity contribution in [1.82, 2.24) is 5.32 Å². The maximum absolute atomic E-state index is 3.61. The first-order chi connectivity index (χ1) is 6.70. The topological polar surface area (TPSA) is 12.0 Å². The molecule has 1 heteroatoms. The van der Waals surface area contributed by atoms with Gasteiger partial charge in [0, 0.05) is 12.6 Å². The van der Waals surface area contributed by atoms with Gasteiger partial charge in [0.15, 0.2) is 0 Å². The molecule has 1 unspecified atom stereocenters. The second-order valence-electron chi connectivity index (χ2n) is 4.88. The molecule has 0 aromatic carbocycles. The van der Waals surface area contributed by atoms with Gasteiger partial charge in [0.1, 0.15) is 0 Å². The Hall–Kier alpha value is -0.300. The normalized spacial score (nSPS) is 20.5. The summed E-state index contributed by atoms with van der Waals surface area (Å²) in [4.78, 5) is 0. The van der Waals surface area contributed by atoms with Gasteiger partial charge in [0.25, 0.3) is 0 Å². The van der Waals surface area contributed by atoms with Gasteiger partial charge < -0.3 is 5.32 Å². The van der Waals surface area contributed by atoms with E-state index in [1.54, 1.807) is 0 Å². The Morgan fingerprint density at radius 3 is 2.50 bits per heavy atom. The lowest BCUT2D eigenvalue weighted by Gasteiger charge is -2.28. The first-order valence-electron chi connectivity index (χ1n) is 6.07. The quantitative estimate of drug-likeness (QED) is 0.677. The molecule has 0 aromatic rings. The Balaban J connectivity index is 2.19. The van der Waals surface area contributed by atoms with Crippen molar-refractivity contribution >= 4 is 0 Å². The Morgan fingerprint density at radius 1 is 1.29 bits per heavy atom. The van der Waals surface area contributed by atoms with Crippen molar-refractivity contribution in [2.24, 2.45) is 5.92 Å². The summed E-state index contributed by atoms with van der Waals surface area (Å²) in [5.41, 5.74) is 1.41. The first-order valence-corrected chi connectivity index (χ1v) is 6.07. The highest BCUT2D eigenvalue weighted by atomic mass is 14.9. The standard InChI is InChI=1S/C13H25N/c1-11(2)9-10-14-12(3)13-7-5-4-6-8-13/h9,12-14H,4-8,10H2,1-3H3. The van der Waals surface area contributed by atoms with E-state index in [9.17, 15) is 0 Å². The second kappa shape index (κ2) is 6.23. The van der Waals surface area contributed by atoms with E-state index in [0.717, 1.165) is 12.5 Å². The van der Waals surface area contributed by atoms with Gasteiger partial charge in [0.2, 0.25) is 0 Å².